The summed E-state index contributed by atoms with van der Waals surface area (Å²) in [6, 6.07) is 15.5. The Kier molecular flexibility index (Phi) is 6.94. The molecule has 4 aromatic rings. The Balaban J connectivity index is 1.55. The van der Waals surface area contributed by atoms with Gasteiger partial charge in [0.25, 0.3) is 5.56 Å². The first-order valence-electron chi connectivity index (χ1n) is 10.7. The van der Waals surface area contributed by atoms with Crippen LogP contribution in [-0.2, 0) is 24.2 Å². The fourth-order valence-corrected chi connectivity index (χ4v) is 3.52. The summed E-state index contributed by atoms with van der Waals surface area (Å²) in [4.78, 5) is 47.3. The predicted octanol–water partition coefficient (Wildman–Crippen LogP) is 2.74. The number of H-pyrrole nitrogens is 1. The minimum atomic E-state index is -0.356. The molecule has 166 valence electrons. The van der Waals surface area contributed by atoms with E-state index in [4.69, 9.17) is 0 Å². The number of hydrogen-bond donors (Lipinski definition) is 1. The van der Waals surface area contributed by atoms with E-state index in [1.807, 2.05) is 42.5 Å². The van der Waals surface area contributed by atoms with E-state index in [-0.39, 0.29) is 23.7 Å². The maximum absolute atomic E-state index is 13.3. The summed E-state index contributed by atoms with van der Waals surface area (Å²) in [5, 5.41) is 0. The van der Waals surface area contributed by atoms with Gasteiger partial charge < -0.3 is 9.88 Å². The third kappa shape index (κ3) is 5.74. The normalized spacial score (nSPS) is 10.7. The first kappa shape index (κ1) is 22.0. The number of nitrogens with zero attached hydrogens (tertiary/aromatic N) is 5. The van der Waals surface area contributed by atoms with Gasteiger partial charge in [-0.2, -0.15) is 0 Å². The lowest BCUT2D eigenvalue weighted by Gasteiger charge is -2.23. The number of nitrogens with one attached hydrogen (secondary N) is 1. The number of hydrogen-bond acceptors (Lipinski definition) is 6. The SMILES string of the molecule is Cc1nc(-c2ncccn2)[nH]c(=O)c1CC(=O)N(CCc1ccccc1)Cc1ccncc1. The van der Waals surface area contributed by atoms with E-state index in [2.05, 4.69) is 24.9 Å². The second kappa shape index (κ2) is 10.4. The summed E-state index contributed by atoms with van der Waals surface area (Å²) in [5.74, 6) is 0.478. The summed E-state index contributed by atoms with van der Waals surface area (Å²) in [6.07, 6.45) is 7.26. The maximum atomic E-state index is 13.3. The quantitative estimate of drug-likeness (QED) is 0.452. The molecule has 0 aliphatic rings. The standard InChI is InChI=1S/C25H24N6O2/c1-18-21(25(33)30-24(29-18)23-27-11-5-12-28-23)16-22(32)31(17-20-8-13-26-14-9-20)15-10-19-6-3-2-4-7-19/h2-9,11-14H,10,15-17H2,1H3,(H,29,30,33). The fourth-order valence-electron chi connectivity index (χ4n) is 3.52. The van der Waals surface area contributed by atoms with Crippen LogP contribution in [0.15, 0.2) is 78.1 Å². The summed E-state index contributed by atoms with van der Waals surface area (Å²) >= 11 is 0. The molecule has 0 aliphatic heterocycles. The van der Waals surface area contributed by atoms with Crippen LogP contribution in [0, 0.1) is 6.92 Å². The van der Waals surface area contributed by atoms with Crippen LogP contribution < -0.4 is 5.56 Å². The molecule has 0 saturated carbocycles. The van der Waals surface area contributed by atoms with E-state index >= 15 is 0 Å². The average molecular weight is 441 g/mol. The van der Waals surface area contributed by atoms with Crippen molar-refractivity contribution in [2.45, 2.75) is 26.3 Å². The Morgan fingerprint density at radius 3 is 2.36 bits per heavy atom. The number of pyridine rings is 1. The summed E-state index contributed by atoms with van der Waals surface area (Å²) in [6.45, 7) is 2.70. The molecular weight excluding hydrogens is 416 g/mol. The highest BCUT2D eigenvalue weighted by atomic mass is 16.2. The lowest BCUT2D eigenvalue weighted by Crippen LogP contribution is -2.35. The number of aromatic amines is 1. The molecule has 0 fully saturated rings. The summed E-state index contributed by atoms with van der Waals surface area (Å²) in [5.41, 5.74) is 2.60. The Bertz CT molecular complexity index is 1260. The van der Waals surface area contributed by atoms with E-state index in [1.165, 1.54) is 0 Å². The lowest BCUT2D eigenvalue weighted by molar-refractivity contribution is -0.131. The van der Waals surface area contributed by atoms with E-state index in [0.717, 1.165) is 17.5 Å². The van der Waals surface area contributed by atoms with Gasteiger partial charge in [0.15, 0.2) is 11.6 Å². The summed E-state index contributed by atoms with van der Waals surface area (Å²) in [7, 11) is 0. The number of aryl methyl sites for hydroxylation is 1. The molecule has 8 heteroatoms. The van der Waals surface area contributed by atoms with Crippen LogP contribution >= 0.6 is 0 Å². The van der Waals surface area contributed by atoms with Crippen molar-refractivity contribution in [3.8, 4) is 11.6 Å². The largest absolute Gasteiger partial charge is 0.338 e. The first-order chi connectivity index (χ1) is 16.1. The Hall–Kier alpha value is -4.20. The van der Waals surface area contributed by atoms with Crippen molar-refractivity contribution in [3.63, 3.8) is 0 Å². The molecule has 3 heterocycles. The van der Waals surface area contributed by atoms with Crippen LogP contribution in [0.5, 0.6) is 0 Å². The number of aromatic nitrogens is 5. The van der Waals surface area contributed by atoms with Gasteiger partial charge in [-0.05, 0) is 42.7 Å². The topological polar surface area (TPSA) is 105 Å². The van der Waals surface area contributed by atoms with Crippen molar-refractivity contribution < 1.29 is 4.79 Å². The van der Waals surface area contributed by atoms with Crippen molar-refractivity contribution in [2.75, 3.05) is 6.54 Å². The van der Waals surface area contributed by atoms with Crippen LogP contribution in [0.4, 0.5) is 0 Å². The van der Waals surface area contributed by atoms with Crippen molar-refractivity contribution in [1.29, 1.82) is 0 Å². The van der Waals surface area contributed by atoms with Gasteiger partial charge in [0.1, 0.15) is 0 Å². The summed E-state index contributed by atoms with van der Waals surface area (Å²) < 4.78 is 0. The van der Waals surface area contributed by atoms with Gasteiger partial charge in [-0.25, -0.2) is 15.0 Å². The zero-order valence-corrected chi connectivity index (χ0v) is 18.3. The van der Waals surface area contributed by atoms with E-state index in [9.17, 15) is 9.59 Å². The van der Waals surface area contributed by atoms with Crippen molar-refractivity contribution in [1.82, 2.24) is 29.8 Å². The Morgan fingerprint density at radius 1 is 0.939 bits per heavy atom. The predicted molar refractivity (Wildman–Crippen MR) is 124 cm³/mol. The van der Waals surface area contributed by atoms with Crippen LogP contribution in [-0.4, -0.2) is 42.3 Å². The highest BCUT2D eigenvalue weighted by molar-refractivity contribution is 5.79. The highest BCUT2D eigenvalue weighted by Crippen LogP contribution is 2.12. The van der Waals surface area contributed by atoms with Gasteiger partial charge in [-0.15, -0.1) is 0 Å². The molecule has 0 spiro atoms. The van der Waals surface area contributed by atoms with Crippen LogP contribution in [0.1, 0.15) is 22.4 Å². The molecule has 0 radical (unpaired) electrons. The van der Waals surface area contributed by atoms with Crippen LogP contribution in [0.2, 0.25) is 0 Å². The van der Waals surface area contributed by atoms with Crippen molar-refractivity contribution >= 4 is 5.91 Å². The number of carbonyl (C=O) groups excluding carboxylic acids is 1. The third-order valence-electron chi connectivity index (χ3n) is 5.32. The van der Waals surface area contributed by atoms with E-state index < -0.39 is 0 Å². The van der Waals surface area contributed by atoms with E-state index in [0.29, 0.717) is 30.2 Å². The molecule has 1 aromatic carbocycles. The molecule has 1 amide bonds. The molecule has 8 nitrogen and oxygen atoms in total. The maximum Gasteiger partial charge on any atom is 0.255 e. The van der Waals surface area contributed by atoms with Gasteiger partial charge in [-0.3, -0.25) is 14.6 Å². The van der Waals surface area contributed by atoms with Crippen molar-refractivity contribution in [2.24, 2.45) is 0 Å². The molecule has 0 unspecified atom stereocenters. The van der Waals surface area contributed by atoms with Gasteiger partial charge >= 0.3 is 0 Å². The smallest absolute Gasteiger partial charge is 0.255 e. The second-order valence-electron chi connectivity index (χ2n) is 7.63. The van der Waals surface area contributed by atoms with Gasteiger partial charge in [0, 0.05) is 49.1 Å². The molecular formula is C25H24N6O2. The molecule has 4 rings (SSSR count). The second-order valence-corrected chi connectivity index (χ2v) is 7.63. The fraction of sp³-hybridized carbons (Fsp3) is 0.200. The molecule has 33 heavy (non-hydrogen) atoms. The van der Waals surface area contributed by atoms with E-state index in [1.54, 1.807) is 42.7 Å². The average Bonchev–Trinajstić information content (AvgIpc) is 2.85. The Morgan fingerprint density at radius 2 is 1.67 bits per heavy atom. The zero-order valence-electron chi connectivity index (χ0n) is 18.3. The molecule has 1 N–H and O–H groups in total. The highest BCUT2D eigenvalue weighted by Gasteiger charge is 2.19. The number of rotatable bonds is 8. The molecule has 0 aliphatic carbocycles. The minimum Gasteiger partial charge on any atom is -0.338 e. The molecule has 0 saturated heterocycles. The molecule has 3 aromatic heterocycles. The molecule has 0 atom stereocenters. The number of amides is 1. The lowest BCUT2D eigenvalue weighted by atomic mass is 10.1. The first-order valence-corrected chi connectivity index (χ1v) is 10.7. The third-order valence-corrected chi connectivity index (χ3v) is 5.32. The van der Waals surface area contributed by atoms with Crippen molar-refractivity contribution in [3.05, 3.63) is 106 Å². The minimum absolute atomic E-state index is 0.0377. The monoisotopic (exact) mass is 440 g/mol. The number of benzene rings is 1. The van der Waals surface area contributed by atoms with Crippen LogP contribution in [0.25, 0.3) is 11.6 Å². The van der Waals surface area contributed by atoms with Gasteiger partial charge in [0.05, 0.1) is 6.42 Å². The molecule has 0 bridgehead atoms. The number of carbonyl (C=O) groups is 1. The van der Waals surface area contributed by atoms with Gasteiger partial charge in [-0.1, -0.05) is 30.3 Å². The van der Waals surface area contributed by atoms with Gasteiger partial charge in [0.2, 0.25) is 5.91 Å². The van der Waals surface area contributed by atoms with Crippen LogP contribution in [0.3, 0.4) is 0 Å². The zero-order chi connectivity index (χ0) is 23.0. The Labute approximate surface area is 191 Å².